The smallest absolute Gasteiger partial charge is 0.254 e. The van der Waals surface area contributed by atoms with Crippen molar-refractivity contribution in [3.8, 4) is 0 Å². The zero-order valence-corrected chi connectivity index (χ0v) is 14.5. The molecular weight excluding hydrogens is 337 g/mol. The first-order valence-corrected chi connectivity index (χ1v) is 8.91. The van der Waals surface area contributed by atoms with Crippen molar-refractivity contribution in [2.45, 2.75) is 31.1 Å². The van der Waals surface area contributed by atoms with Gasteiger partial charge in [0.05, 0.1) is 32.4 Å². The second kappa shape index (κ2) is 7.17. The summed E-state index contributed by atoms with van der Waals surface area (Å²) in [5, 5.41) is 4.23. The van der Waals surface area contributed by atoms with Crippen LogP contribution in [-0.4, -0.2) is 58.6 Å². The molecule has 2 aliphatic heterocycles. The quantitative estimate of drug-likeness (QED) is 0.842. The zero-order chi connectivity index (χ0) is 18.0. The zero-order valence-electron chi connectivity index (χ0n) is 14.5. The van der Waals surface area contributed by atoms with E-state index >= 15 is 0 Å². The second-order valence-electron chi connectivity index (χ2n) is 6.98. The van der Waals surface area contributed by atoms with Crippen molar-refractivity contribution >= 4 is 5.91 Å². The lowest BCUT2D eigenvalue weighted by Gasteiger charge is -2.32. The number of nitrogens with zero attached hydrogens (tertiary/aromatic N) is 3. The fraction of sp³-hybridized carbons (Fsp3) is 0.474. The molecule has 4 rings (SSSR count). The van der Waals surface area contributed by atoms with Crippen LogP contribution in [0.4, 0.5) is 4.39 Å². The summed E-state index contributed by atoms with van der Waals surface area (Å²) < 4.78 is 27.4. The van der Waals surface area contributed by atoms with Gasteiger partial charge in [-0.1, -0.05) is 6.07 Å². The Bertz CT molecular complexity index is 767. The highest BCUT2D eigenvalue weighted by atomic mass is 19.1. The Kier molecular flexibility index (Phi) is 4.74. The lowest BCUT2D eigenvalue weighted by atomic mass is 9.99. The van der Waals surface area contributed by atoms with Crippen LogP contribution in [0.1, 0.15) is 23.2 Å². The van der Waals surface area contributed by atoms with Crippen LogP contribution in [0.15, 0.2) is 42.7 Å². The molecule has 0 unspecified atom stereocenters. The molecule has 2 fully saturated rings. The molecule has 1 spiro atoms. The summed E-state index contributed by atoms with van der Waals surface area (Å²) in [6.07, 6.45) is 5.43. The standard InChI is InChI=1S/C19H22FN3O3/c20-16-4-1-3-15(11-16)18(24)22-9-10-25-14-19(13-22)6-5-17(26-19)12-23-8-2-7-21-23/h1-4,7-8,11,17H,5-6,9-10,12-14H2/t17-,19-/m1/s1. The molecule has 7 heteroatoms. The SMILES string of the molecule is O=C(c1cccc(F)c1)N1CCOC[C@@]2(CC[C@H](Cn3cccn3)O2)C1. The monoisotopic (exact) mass is 359 g/mol. The second-order valence-corrected chi connectivity index (χ2v) is 6.98. The van der Waals surface area contributed by atoms with E-state index in [-0.39, 0.29) is 12.0 Å². The highest BCUT2D eigenvalue weighted by Gasteiger charge is 2.44. The maximum Gasteiger partial charge on any atom is 0.254 e. The Labute approximate surface area is 151 Å². The van der Waals surface area contributed by atoms with E-state index in [0.29, 0.717) is 38.4 Å². The summed E-state index contributed by atoms with van der Waals surface area (Å²) in [4.78, 5) is 14.5. The molecule has 1 amide bonds. The Balaban J connectivity index is 1.46. The van der Waals surface area contributed by atoms with Crippen LogP contribution in [-0.2, 0) is 16.0 Å². The first-order chi connectivity index (χ1) is 12.6. The average molecular weight is 359 g/mol. The summed E-state index contributed by atoms with van der Waals surface area (Å²) in [6, 6.07) is 7.69. The van der Waals surface area contributed by atoms with Crippen molar-refractivity contribution < 1.29 is 18.7 Å². The van der Waals surface area contributed by atoms with Crippen LogP contribution in [0.3, 0.4) is 0 Å². The number of hydrogen-bond donors (Lipinski definition) is 0. The van der Waals surface area contributed by atoms with E-state index < -0.39 is 11.4 Å². The van der Waals surface area contributed by atoms with Gasteiger partial charge in [0.25, 0.3) is 5.91 Å². The van der Waals surface area contributed by atoms with Gasteiger partial charge in [-0.15, -0.1) is 0 Å². The number of carbonyl (C=O) groups is 1. The maximum atomic E-state index is 13.5. The largest absolute Gasteiger partial charge is 0.377 e. The van der Waals surface area contributed by atoms with E-state index in [1.807, 2.05) is 16.9 Å². The first-order valence-electron chi connectivity index (χ1n) is 8.91. The molecule has 2 saturated heterocycles. The van der Waals surface area contributed by atoms with Crippen molar-refractivity contribution in [2.24, 2.45) is 0 Å². The van der Waals surface area contributed by atoms with Gasteiger partial charge in [-0.05, 0) is 37.1 Å². The predicted octanol–water partition coefficient (Wildman–Crippen LogP) is 2.11. The molecule has 0 radical (unpaired) electrons. The molecule has 0 bridgehead atoms. The van der Waals surface area contributed by atoms with Crippen molar-refractivity contribution in [3.63, 3.8) is 0 Å². The molecule has 0 N–H and O–H groups in total. The molecule has 1 aromatic heterocycles. The number of ether oxygens (including phenoxy) is 2. The Morgan fingerprint density at radius 1 is 1.38 bits per heavy atom. The summed E-state index contributed by atoms with van der Waals surface area (Å²) in [5.41, 5.74) is -0.148. The van der Waals surface area contributed by atoms with E-state index in [4.69, 9.17) is 9.47 Å². The van der Waals surface area contributed by atoms with Gasteiger partial charge in [0.15, 0.2) is 0 Å². The third kappa shape index (κ3) is 3.64. The van der Waals surface area contributed by atoms with Crippen molar-refractivity contribution in [3.05, 3.63) is 54.1 Å². The third-order valence-corrected chi connectivity index (χ3v) is 5.00. The first kappa shape index (κ1) is 17.2. The Hall–Kier alpha value is -2.25. The molecule has 0 saturated carbocycles. The minimum Gasteiger partial charge on any atom is -0.377 e. The van der Waals surface area contributed by atoms with E-state index in [9.17, 15) is 9.18 Å². The number of hydrogen-bond acceptors (Lipinski definition) is 4. The van der Waals surface area contributed by atoms with Gasteiger partial charge in [0, 0.05) is 24.5 Å². The number of halogens is 1. The Morgan fingerprint density at radius 3 is 3.12 bits per heavy atom. The van der Waals surface area contributed by atoms with Gasteiger partial charge in [0.1, 0.15) is 11.4 Å². The van der Waals surface area contributed by atoms with Crippen LogP contribution in [0.5, 0.6) is 0 Å². The number of amides is 1. The lowest BCUT2D eigenvalue weighted by molar-refractivity contribution is -0.0881. The van der Waals surface area contributed by atoms with Crippen LogP contribution in [0.25, 0.3) is 0 Å². The average Bonchev–Trinajstić information content (AvgIpc) is 3.22. The van der Waals surface area contributed by atoms with Gasteiger partial charge in [-0.2, -0.15) is 5.10 Å². The van der Waals surface area contributed by atoms with Crippen LogP contribution >= 0.6 is 0 Å². The molecule has 2 atom stereocenters. The highest BCUT2D eigenvalue weighted by Crippen LogP contribution is 2.34. The van der Waals surface area contributed by atoms with E-state index in [0.717, 1.165) is 12.8 Å². The van der Waals surface area contributed by atoms with Gasteiger partial charge in [-0.25, -0.2) is 4.39 Å². The van der Waals surface area contributed by atoms with E-state index in [1.165, 1.54) is 12.1 Å². The summed E-state index contributed by atoms with van der Waals surface area (Å²) in [6.45, 7) is 2.54. The minimum atomic E-state index is -0.503. The molecule has 26 heavy (non-hydrogen) atoms. The van der Waals surface area contributed by atoms with E-state index in [1.54, 1.807) is 23.2 Å². The van der Waals surface area contributed by atoms with E-state index in [2.05, 4.69) is 5.10 Å². The third-order valence-electron chi connectivity index (χ3n) is 5.00. The van der Waals surface area contributed by atoms with Gasteiger partial charge < -0.3 is 14.4 Å². The van der Waals surface area contributed by atoms with Crippen molar-refractivity contribution in [1.29, 1.82) is 0 Å². The van der Waals surface area contributed by atoms with Crippen LogP contribution < -0.4 is 0 Å². The van der Waals surface area contributed by atoms with Crippen LogP contribution in [0, 0.1) is 5.82 Å². The lowest BCUT2D eigenvalue weighted by Crippen LogP contribution is -2.46. The molecular formula is C19H22FN3O3. The van der Waals surface area contributed by atoms with Crippen LogP contribution in [0.2, 0.25) is 0 Å². The highest BCUT2D eigenvalue weighted by molar-refractivity contribution is 5.94. The number of rotatable bonds is 3. The molecule has 6 nitrogen and oxygen atoms in total. The number of benzene rings is 1. The van der Waals surface area contributed by atoms with Gasteiger partial charge in [-0.3, -0.25) is 9.48 Å². The summed E-state index contributed by atoms with van der Waals surface area (Å²) in [7, 11) is 0. The number of aromatic nitrogens is 2. The predicted molar refractivity (Wildman–Crippen MR) is 92.2 cm³/mol. The maximum absolute atomic E-state index is 13.5. The summed E-state index contributed by atoms with van der Waals surface area (Å²) in [5.74, 6) is -0.596. The molecule has 3 heterocycles. The van der Waals surface area contributed by atoms with Gasteiger partial charge >= 0.3 is 0 Å². The van der Waals surface area contributed by atoms with Crippen molar-refractivity contribution in [1.82, 2.24) is 14.7 Å². The molecule has 138 valence electrons. The normalized spacial score (nSPS) is 26.2. The number of carbonyl (C=O) groups excluding carboxylic acids is 1. The fourth-order valence-corrected chi connectivity index (χ4v) is 3.75. The van der Waals surface area contributed by atoms with Gasteiger partial charge in [0.2, 0.25) is 0 Å². The fourth-order valence-electron chi connectivity index (χ4n) is 3.75. The molecule has 1 aromatic carbocycles. The van der Waals surface area contributed by atoms with Crippen molar-refractivity contribution in [2.75, 3.05) is 26.3 Å². The topological polar surface area (TPSA) is 56.6 Å². The Morgan fingerprint density at radius 2 is 2.31 bits per heavy atom. The molecule has 0 aliphatic carbocycles. The molecule has 2 aromatic rings. The summed E-state index contributed by atoms with van der Waals surface area (Å²) >= 11 is 0. The minimum absolute atomic E-state index is 0.0442. The molecule has 2 aliphatic rings.